The van der Waals surface area contributed by atoms with Crippen molar-refractivity contribution >= 4 is 35.3 Å². The summed E-state index contributed by atoms with van der Waals surface area (Å²) in [6.45, 7) is 0.599. The van der Waals surface area contributed by atoms with Crippen LogP contribution in [0, 0.1) is 5.92 Å². The second-order valence-electron chi connectivity index (χ2n) is 6.73. The van der Waals surface area contributed by atoms with Crippen molar-refractivity contribution in [1.82, 2.24) is 10.2 Å². The molecule has 0 radical (unpaired) electrons. The Kier molecular flexibility index (Phi) is 5.10. The van der Waals surface area contributed by atoms with Crippen molar-refractivity contribution in [3.63, 3.8) is 0 Å². The topological polar surface area (TPSA) is 102 Å². The fourth-order valence-corrected chi connectivity index (χ4v) is 3.30. The molecule has 8 nitrogen and oxygen atoms in total. The van der Waals surface area contributed by atoms with E-state index in [4.69, 9.17) is 21.1 Å². The standard InChI is InChI=1S/C18H19ClN2O6/c1-18(11-4-5-11)16(24)21(17(25)20-18)8-15(23)27-9-13(22)10-3-6-14(26-2)12(19)7-10/h3,6-7,11H,4-5,8-9H2,1-2H3,(H,20,25)/t18-/m1/s1. The second-order valence-corrected chi connectivity index (χ2v) is 7.14. The van der Waals surface area contributed by atoms with Crippen LogP contribution in [0.2, 0.25) is 5.02 Å². The lowest BCUT2D eigenvalue weighted by atomic mass is 9.96. The Hall–Kier alpha value is -2.61. The van der Waals surface area contributed by atoms with Crippen LogP contribution in [0.1, 0.15) is 30.1 Å². The van der Waals surface area contributed by atoms with E-state index in [1.54, 1.807) is 6.92 Å². The summed E-state index contributed by atoms with van der Waals surface area (Å²) in [5.74, 6) is -1.24. The van der Waals surface area contributed by atoms with Crippen LogP contribution in [-0.4, -0.2) is 54.4 Å². The zero-order valence-corrected chi connectivity index (χ0v) is 15.7. The lowest BCUT2D eigenvalue weighted by molar-refractivity contribution is -0.146. The minimum absolute atomic E-state index is 0.0939. The first-order chi connectivity index (χ1) is 12.8. The van der Waals surface area contributed by atoms with Gasteiger partial charge in [-0.3, -0.25) is 19.3 Å². The van der Waals surface area contributed by atoms with Crippen LogP contribution >= 0.6 is 11.6 Å². The monoisotopic (exact) mass is 394 g/mol. The summed E-state index contributed by atoms with van der Waals surface area (Å²) in [5, 5.41) is 2.90. The normalized spacial score (nSPS) is 21.8. The zero-order chi connectivity index (χ0) is 19.8. The van der Waals surface area contributed by atoms with Gasteiger partial charge in [-0.15, -0.1) is 0 Å². The minimum atomic E-state index is -0.965. The van der Waals surface area contributed by atoms with Gasteiger partial charge in [0.25, 0.3) is 5.91 Å². The molecule has 1 aromatic carbocycles. The highest BCUT2D eigenvalue weighted by Gasteiger charge is 2.56. The number of carbonyl (C=O) groups excluding carboxylic acids is 4. The van der Waals surface area contributed by atoms with Gasteiger partial charge < -0.3 is 14.8 Å². The number of hydrogen-bond acceptors (Lipinski definition) is 6. The Labute approximate surface area is 160 Å². The average molecular weight is 395 g/mol. The van der Waals surface area contributed by atoms with Crippen LogP contribution in [0.25, 0.3) is 0 Å². The summed E-state index contributed by atoms with van der Waals surface area (Å²) in [6, 6.07) is 3.82. The highest BCUT2D eigenvalue weighted by Crippen LogP contribution is 2.42. The Morgan fingerprint density at radius 1 is 1.33 bits per heavy atom. The van der Waals surface area contributed by atoms with E-state index in [9.17, 15) is 19.2 Å². The van der Waals surface area contributed by atoms with Crippen molar-refractivity contribution in [3.05, 3.63) is 28.8 Å². The third-order valence-electron chi connectivity index (χ3n) is 4.82. The Morgan fingerprint density at radius 2 is 2.04 bits per heavy atom. The van der Waals surface area contributed by atoms with E-state index in [2.05, 4.69) is 5.32 Å². The number of ether oxygens (including phenoxy) is 2. The first-order valence-electron chi connectivity index (χ1n) is 8.42. The number of rotatable bonds is 7. The maximum Gasteiger partial charge on any atom is 0.326 e. The molecule has 9 heteroatoms. The van der Waals surface area contributed by atoms with Crippen LogP contribution in [0.15, 0.2) is 18.2 Å². The molecule has 27 heavy (non-hydrogen) atoms. The molecule has 0 aromatic heterocycles. The van der Waals surface area contributed by atoms with Gasteiger partial charge >= 0.3 is 12.0 Å². The molecular formula is C18H19ClN2O6. The molecule has 1 saturated carbocycles. The second kappa shape index (κ2) is 7.19. The molecule has 2 aliphatic rings. The summed E-state index contributed by atoms with van der Waals surface area (Å²) in [5.41, 5.74) is -0.711. The maximum atomic E-state index is 12.5. The third kappa shape index (κ3) is 3.75. The van der Waals surface area contributed by atoms with E-state index in [0.29, 0.717) is 5.75 Å². The molecule has 1 aromatic rings. The van der Waals surface area contributed by atoms with Gasteiger partial charge in [-0.25, -0.2) is 4.79 Å². The van der Waals surface area contributed by atoms with Gasteiger partial charge in [0.05, 0.1) is 12.1 Å². The molecule has 1 saturated heterocycles. The largest absolute Gasteiger partial charge is 0.495 e. The van der Waals surface area contributed by atoms with Crippen molar-refractivity contribution in [1.29, 1.82) is 0 Å². The molecule has 1 aliphatic heterocycles. The summed E-state index contributed by atoms with van der Waals surface area (Å²) in [7, 11) is 1.45. The van der Waals surface area contributed by atoms with Gasteiger partial charge in [0.2, 0.25) is 0 Å². The summed E-state index contributed by atoms with van der Waals surface area (Å²) in [4.78, 5) is 49.4. The van der Waals surface area contributed by atoms with E-state index in [1.165, 1.54) is 25.3 Å². The average Bonchev–Trinajstić information content (AvgIpc) is 3.46. The lowest BCUT2D eigenvalue weighted by Gasteiger charge is -2.20. The predicted octanol–water partition coefficient (Wildman–Crippen LogP) is 1.79. The van der Waals surface area contributed by atoms with Crippen LogP contribution in [0.5, 0.6) is 5.75 Å². The number of hydrogen-bond donors (Lipinski definition) is 1. The SMILES string of the molecule is COc1ccc(C(=O)COC(=O)CN2C(=O)N[C@](C)(C3CC3)C2=O)cc1Cl. The van der Waals surface area contributed by atoms with E-state index in [0.717, 1.165) is 17.7 Å². The number of nitrogens with one attached hydrogen (secondary N) is 1. The fraction of sp³-hybridized carbons (Fsp3) is 0.444. The number of imide groups is 1. The molecular weight excluding hydrogens is 376 g/mol. The minimum Gasteiger partial charge on any atom is -0.495 e. The Bertz CT molecular complexity index is 822. The van der Waals surface area contributed by atoms with Gasteiger partial charge in [-0.05, 0) is 43.9 Å². The number of benzene rings is 1. The van der Waals surface area contributed by atoms with E-state index >= 15 is 0 Å². The Morgan fingerprint density at radius 3 is 2.63 bits per heavy atom. The number of carbonyl (C=O) groups is 4. The van der Waals surface area contributed by atoms with Crippen molar-refractivity contribution in [2.45, 2.75) is 25.3 Å². The van der Waals surface area contributed by atoms with Gasteiger partial charge in [-0.2, -0.15) is 0 Å². The molecule has 0 bridgehead atoms. The highest BCUT2D eigenvalue weighted by atomic mass is 35.5. The first kappa shape index (κ1) is 19.2. The van der Waals surface area contributed by atoms with Gasteiger partial charge in [0, 0.05) is 5.56 Å². The molecule has 1 aliphatic carbocycles. The predicted molar refractivity (Wildman–Crippen MR) is 94.7 cm³/mol. The third-order valence-corrected chi connectivity index (χ3v) is 5.12. The lowest BCUT2D eigenvalue weighted by Crippen LogP contribution is -2.46. The highest BCUT2D eigenvalue weighted by molar-refractivity contribution is 6.32. The van der Waals surface area contributed by atoms with E-state index < -0.39 is 42.4 Å². The van der Waals surface area contributed by atoms with Crippen molar-refractivity contribution < 1.29 is 28.7 Å². The van der Waals surface area contributed by atoms with Crippen LogP contribution in [0.4, 0.5) is 4.79 Å². The molecule has 0 spiro atoms. The van der Waals surface area contributed by atoms with Gasteiger partial charge in [0.1, 0.15) is 17.8 Å². The number of esters is 1. The van der Waals surface area contributed by atoms with E-state index in [-0.39, 0.29) is 16.5 Å². The number of amides is 3. The van der Waals surface area contributed by atoms with Crippen LogP contribution in [-0.2, 0) is 14.3 Å². The number of halogens is 1. The Balaban J connectivity index is 1.55. The van der Waals surface area contributed by atoms with Crippen LogP contribution in [0.3, 0.4) is 0 Å². The number of ketones is 1. The number of methoxy groups -OCH3 is 1. The molecule has 3 rings (SSSR count). The zero-order valence-electron chi connectivity index (χ0n) is 14.9. The molecule has 3 amide bonds. The number of urea groups is 1. The molecule has 1 atom stereocenters. The smallest absolute Gasteiger partial charge is 0.326 e. The summed E-state index contributed by atoms with van der Waals surface area (Å²) >= 11 is 5.97. The van der Waals surface area contributed by atoms with Gasteiger partial charge in [-0.1, -0.05) is 11.6 Å². The molecule has 0 unspecified atom stereocenters. The molecule has 2 fully saturated rings. The molecule has 1 heterocycles. The quantitative estimate of drug-likeness (QED) is 0.430. The first-order valence-corrected chi connectivity index (χ1v) is 8.80. The van der Waals surface area contributed by atoms with Crippen molar-refractivity contribution in [3.8, 4) is 5.75 Å². The summed E-state index contributed by atoms with van der Waals surface area (Å²) in [6.07, 6.45) is 1.72. The maximum absolute atomic E-state index is 12.5. The molecule has 144 valence electrons. The van der Waals surface area contributed by atoms with Gasteiger partial charge in [0.15, 0.2) is 12.4 Å². The van der Waals surface area contributed by atoms with Crippen molar-refractivity contribution in [2.24, 2.45) is 5.92 Å². The van der Waals surface area contributed by atoms with E-state index in [1.807, 2.05) is 0 Å². The summed E-state index contributed by atoms with van der Waals surface area (Å²) < 4.78 is 9.93. The number of nitrogens with zero attached hydrogens (tertiary/aromatic N) is 1. The fourth-order valence-electron chi connectivity index (χ4n) is 3.04. The number of Topliss-reactive ketones (excluding diaryl/α,β-unsaturated/α-hetero) is 1. The van der Waals surface area contributed by atoms with Crippen molar-refractivity contribution in [2.75, 3.05) is 20.3 Å². The van der Waals surface area contributed by atoms with Crippen LogP contribution < -0.4 is 10.1 Å². The molecule has 1 N–H and O–H groups in total.